The lowest BCUT2D eigenvalue weighted by Gasteiger charge is -2.31. The maximum absolute atomic E-state index is 9.93. The molecule has 1 aliphatic carbocycles. The first-order chi connectivity index (χ1) is 7.31. The average molecular weight is 202 g/mol. The topological polar surface area (TPSA) is 20.2 Å². The average Bonchev–Trinajstić information content (AvgIpc) is 2.30. The molecule has 3 atom stereocenters. The van der Waals surface area contributed by atoms with Crippen LogP contribution in [0.2, 0.25) is 0 Å². The molecule has 1 saturated carbocycles. The molecule has 15 heavy (non-hydrogen) atoms. The number of rotatable bonds is 2. The third kappa shape index (κ3) is 2.29. The summed E-state index contributed by atoms with van der Waals surface area (Å²) in [6.07, 6.45) is 4.79. The normalized spacial score (nSPS) is 31.1. The molecule has 0 aromatic heterocycles. The molecule has 0 saturated heterocycles. The van der Waals surface area contributed by atoms with Crippen LogP contribution in [0.15, 0.2) is 43.0 Å². The van der Waals surface area contributed by atoms with Crippen molar-refractivity contribution in [3.63, 3.8) is 0 Å². The molecule has 1 aromatic carbocycles. The van der Waals surface area contributed by atoms with E-state index in [4.69, 9.17) is 0 Å². The number of hydrogen-bond acceptors (Lipinski definition) is 1. The highest BCUT2D eigenvalue weighted by Crippen LogP contribution is 2.36. The van der Waals surface area contributed by atoms with Crippen LogP contribution in [-0.2, 0) is 0 Å². The second kappa shape index (κ2) is 4.63. The number of aliphatic hydroxyl groups is 1. The van der Waals surface area contributed by atoms with E-state index in [-0.39, 0.29) is 6.10 Å². The third-order valence-electron chi connectivity index (χ3n) is 3.44. The minimum absolute atomic E-state index is 0.207. The Morgan fingerprint density at radius 2 is 1.93 bits per heavy atom. The van der Waals surface area contributed by atoms with Crippen molar-refractivity contribution in [2.45, 2.75) is 31.3 Å². The first kappa shape index (κ1) is 10.4. The van der Waals surface area contributed by atoms with Gasteiger partial charge in [0.25, 0.3) is 0 Å². The molecule has 0 spiro atoms. The summed E-state index contributed by atoms with van der Waals surface area (Å²) in [6, 6.07) is 10.5. The molecule has 0 aliphatic heterocycles. The smallest absolute Gasteiger partial charge is 0.0608 e. The number of hydrogen-bond donors (Lipinski definition) is 1. The van der Waals surface area contributed by atoms with E-state index in [2.05, 4.69) is 30.8 Å². The van der Waals surface area contributed by atoms with E-state index >= 15 is 0 Å². The Morgan fingerprint density at radius 1 is 1.20 bits per heavy atom. The van der Waals surface area contributed by atoms with Crippen molar-refractivity contribution >= 4 is 0 Å². The van der Waals surface area contributed by atoms with E-state index in [9.17, 15) is 5.11 Å². The van der Waals surface area contributed by atoms with E-state index in [1.807, 2.05) is 12.1 Å². The summed E-state index contributed by atoms with van der Waals surface area (Å²) in [5, 5.41) is 9.93. The molecule has 1 fully saturated rings. The van der Waals surface area contributed by atoms with Crippen LogP contribution in [0.1, 0.15) is 30.7 Å². The fourth-order valence-corrected chi connectivity index (χ4v) is 2.47. The van der Waals surface area contributed by atoms with Gasteiger partial charge in [-0.2, -0.15) is 0 Å². The molecule has 0 unspecified atom stereocenters. The van der Waals surface area contributed by atoms with Crippen LogP contribution in [0.25, 0.3) is 0 Å². The zero-order valence-corrected chi connectivity index (χ0v) is 8.97. The highest BCUT2D eigenvalue weighted by Gasteiger charge is 2.27. The zero-order chi connectivity index (χ0) is 10.7. The summed E-state index contributed by atoms with van der Waals surface area (Å²) in [4.78, 5) is 0. The summed E-state index contributed by atoms with van der Waals surface area (Å²) in [6.45, 7) is 3.77. The first-order valence-electron chi connectivity index (χ1n) is 5.67. The second-order valence-corrected chi connectivity index (χ2v) is 4.39. The van der Waals surface area contributed by atoms with E-state index in [0.717, 1.165) is 19.3 Å². The van der Waals surface area contributed by atoms with Crippen molar-refractivity contribution in [1.82, 2.24) is 0 Å². The Labute approximate surface area is 91.4 Å². The van der Waals surface area contributed by atoms with Crippen LogP contribution >= 0.6 is 0 Å². The molecule has 0 bridgehead atoms. The SMILES string of the molecule is C=C[C@H]1CC[C@H](c2ccccc2)C[C@@H]1O. The standard InChI is InChI=1S/C14H18O/c1-2-11-8-9-13(10-14(11)15)12-6-4-3-5-7-12/h2-7,11,13-15H,1,8-10H2/t11-,13-,14-/m0/s1. The minimum atomic E-state index is -0.207. The predicted octanol–water partition coefficient (Wildman–Crippen LogP) is 3.12. The summed E-state index contributed by atoms with van der Waals surface area (Å²) < 4.78 is 0. The molecule has 80 valence electrons. The monoisotopic (exact) mass is 202 g/mol. The van der Waals surface area contributed by atoms with Gasteiger partial charge in [-0.25, -0.2) is 0 Å². The molecule has 1 nitrogen and oxygen atoms in total. The molecular weight excluding hydrogens is 184 g/mol. The summed E-state index contributed by atoms with van der Waals surface area (Å²) >= 11 is 0. The van der Waals surface area contributed by atoms with Crippen molar-refractivity contribution in [2.24, 2.45) is 5.92 Å². The van der Waals surface area contributed by atoms with Crippen molar-refractivity contribution in [3.8, 4) is 0 Å². The van der Waals surface area contributed by atoms with Gasteiger partial charge >= 0.3 is 0 Å². The van der Waals surface area contributed by atoms with E-state index in [1.54, 1.807) is 0 Å². The summed E-state index contributed by atoms with van der Waals surface area (Å²) in [5.41, 5.74) is 1.36. The lowest BCUT2D eigenvalue weighted by atomic mass is 9.77. The van der Waals surface area contributed by atoms with Crippen molar-refractivity contribution in [3.05, 3.63) is 48.6 Å². The van der Waals surface area contributed by atoms with Gasteiger partial charge in [-0.3, -0.25) is 0 Å². The summed E-state index contributed by atoms with van der Waals surface area (Å²) in [7, 11) is 0. The minimum Gasteiger partial charge on any atom is -0.392 e. The van der Waals surface area contributed by atoms with Gasteiger partial charge < -0.3 is 5.11 Å². The Hall–Kier alpha value is -1.08. The highest BCUT2D eigenvalue weighted by atomic mass is 16.3. The van der Waals surface area contributed by atoms with Crippen molar-refractivity contribution in [2.75, 3.05) is 0 Å². The molecule has 0 heterocycles. The molecule has 2 rings (SSSR count). The van der Waals surface area contributed by atoms with Gasteiger partial charge in [0.15, 0.2) is 0 Å². The van der Waals surface area contributed by atoms with Crippen LogP contribution in [-0.4, -0.2) is 11.2 Å². The Balaban J connectivity index is 2.06. The van der Waals surface area contributed by atoms with Crippen LogP contribution in [0.4, 0.5) is 0 Å². The van der Waals surface area contributed by atoms with E-state index in [0.29, 0.717) is 11.8 Å². The van der Waals surface area contributed by atoms with Gasteiger partial charge in [-0.05, 0) is 30.7 Å². The lowest BCUT2D eigenvalue weighted by molar-refractivity contribution is 0.0829. The molecule has 0 amide bonds. The van der Waals surface area contributed by atoms with E-state index in [1.165, 1.54) is 5.56 Å². The second-order valence-electron chi connectivity index (χ2n) is 4.39. The zero-order valence-electron chi connectivity index (χ0n) is 8.97. The van der Waals surface area contributed by atoms with Crippen LogP contribution in [0.5, 0.6) is 0 Å². The molecule has 1 N–H and O–H groups in total. The van der Waals surface area contributed by atoms with Crippen molar-refractivity contribution < 1.29 is 5.11 Å². The largest absolute Gasteiger partial charge is 0.392 e. The number of aliphatic hydroxyl groups excluding tert-OH is 1. The number of benzene rings is 1. The predicted molar refractivity (Wildman–Crippen MR) is 62.7 cm³/mol. The van der Waals surface area contributed by atoms with Gasteiger partial charge in [0.2, 0.25) is 0 Å². The first-order valence-corrected chi connectivity index (χ1v) is 5.67. The Kier molecular flexibility index (Phi) is 3.22. The quantitative estimate of drug-likeness (QED) is 0.730. The molecule has 0 radical (unpaired) electrons. The third-order valence-corrected chi connectivity index (χ3v) is 3.44. The molecule has 1 aliphatic rings. The summed E-state index contributed by atoms with van der Waals surface area (Å²) in [5.74, 6) is 0.822. The van der Waals surface area contributed by atoms with Gasteiger partial charge in [0.05, 0.1) is 6.10 Å². The molecular formula is C14H18O. The lowest BCUT2D eigenvalue weighted by Crippen LogP contribution is -2.26. The fourth-order valence-electron chi connectivity index (χ4n) is 2.47. The maximum Gasteiger partial charge on any atom is 0.0608 e. The maximum atomic E-state index is 9.93. The molecule has 1 aromatic rings. The highest BCUT2D eigenvalue weighted by molar-refractivity contribution is 5.20. The van der Waals surface area contributed by atoms with Gasteiger partial charge in [-0.15, -0.1) is 6.58 Å². The molecule has 1 heteroatoms. The fraction of sp³-hybridized carbons (Fsp3) is 0.429. The van der Waals surface area contributed by atoms with E-state index < -0.39 is 0 Å². The van der Waals surface area contributed by atoms with Crippen molar-refractivity contribution in [1.29, 1.82) is 0 Å². The van der Waals surface area contributed by atoms with Crippen LogP contribution < -0.4 is 0 Å². The van der Waals surface area contributed by atoms with Gasteiger partial charge in [0, 0.05) is 5.92 Å². The Bertz CT molecular complexity index is 317. The van der Waals surface area contributed by atoms with Gasteiger partial charge in [-0.1, -0.05) is 36.4 Å². The Morgan fingerprint density at radius 3 is 2.53 bits per heavy atom. The van der Waals surface area contributed by atoms with Crippen LogP contribution in [0.3, 0.4) is 0 Å². The van der Waals surface area contributed by atoms with Gasteiger partial charge in [0.1, 0.15) is 0 Å². The van der Waals surface area contributed by atoms with Crippen LogP contribution in [0, 0.1) is 5.92 Å².